The van der Waals surface area contributed by atoms with Crippen molar-refractivity contribution >= 4 is 0 Å². The molecule has 0 unspecified atom stereocenters. The van der Waals surface area contributed by atoms with Gasteiger partial charge in [0.1, 0.15) is 6.67 Å². The van der Waals surface area contributed by atoms with Crippen LogP contribution in [0.2, 0.25) is 0 Å². The van der Waals surface area contributed by atoms with Gasteiger partial charge in [0.05, 0.1) is 0 Å². The van der Waals surface area contributed by atoms with Crippen LogP contribution in [0.1, 0.15) is 33.6 Å². The van der Waals surface area contributed by atoms with Crippen LogP contribution in [0.5, 0.6) is 0 Å². The zero-order valence-corrected chi connectivity index (χ0v) is 7.65. The van der Waals surface area contributed by atoms with Crippen molar-refractivity contribution in [2.45, 2.75) is 45.2 Å². The Labute approximate surface area is 68.4 Å². The normalized spacial score (nSPS) is 31.6. The summed E-state index contributed by atoms with van der Waals surface area (Å²) in [6.07, 6.45) is 2.42. The Hall–Kier alpha value is -0.110. The van der Waals surface area contributed by atoms with Crippen LogP contribution in [-0.4, -0.2) is 18.3 Å². The summed E-state index contributed by atoms with van der Waals surface area (Å²) in [4.78, 5) is 0. The Bertz CT molecular complexity index is 128. The first-order valence-electron chi connectivity index (χ1n) is 4.37. The topological polar surface area (TPSA) is 12.0 Å². The van der Waals surface area contributed by atoms with Crippen LogP contribution in [0.3, 0.4) is 0 Å². The van der Waals surface area contributed by atoms with Gasteiger partial charge in [-0.25, -0.2) is 4.39 Å². The number of halogens is 1. The molecule has 0 aromatic rings. The van der Waals surface area contributed by atoms with Crippen LogP contribution in [-0.2, 0) is 0 Å². The van der Waals surface area contributed by atoms with E-state index < -0.39 is 0 Å². The lowest BCUT2D eigenvalue weighted by Crippen LogP contribution is -2.52. The van der Waals surface area contributed by atoms with E-state index in [1.165, 1.54) is 12.8 Å². The molecule has 1 N–H and O–H groups in total. The number of rotatable bonds is 3. The smallest absolute Gasteiger partial charge is 0.107 e. The molecular formula is C9H18FN. The molecular weight excluding hydrogens is 141 g/mol. The lowest BCUT2D eigenvalue weighted by Gasteiger charge is -2.39. The first kappa shape index (κ1) is 8.98. The molecule has 0 spiro atoms. The van der Waals surface area contributed by atoms with Crippen LogP contribution >= 0.6 is 0 Å². The summed E-state index contributed by atoms with van der Waals surface area (Å²) in [6.45, 7) is 5.78. The highest BCUT2D eigenvalue weighted by Crippen LogP contribution is 2.27. The molecule has 1 aliphatic rings. The second kappa shape index (κ2) is 3.10. The molecule has 0 aromatic carbocycles. The van der Waals surface area contributed by atoms with Crippen LogP contribution in [0.25, 0.3) is 0 Å². The van der Waals surface area contributed by atoms with Crippen LogP contribution in [0.15, 0.2) is 0 Å². The molecule has 0 bridgehead atoms. The lowest BCUT2D eigenvalue weighted by atomic mass is 9.80. The molecule has 0 aliphatic heterocycles. The van der Waals surface area contributed by atoms with E-state index >= 15 is 0 Å². The summed E-state index contributed by atoms with van der Waals surface area (Å²) in [5, 5.41) is 3.30. The number of hydrogen-bond donors (Lipinski definition) is 1. The zero-order valence-electron chi connectivity index (χ0n) is 7.65. The maximum absolute atomic E-state index is 12.3. The number of nitrogens with one attached hydrogen (secondary N) is 1. The van der Waals surface area contributed by atoms with E-state index in [4.69, 9.17) is 0 Å². The molecule has 0 saturated heterocycles. The summed E-state index contributed by atoms with van der Waals surface area (Å²) >= 11 is 0. The molecule has 0 heterocycles. The molecule has 1 aliphatic carbocycles. The van der Waals surface area contributed by atoms with E-state index in [1.54, 1.807) is 0 Å². The fourth-order valence-corrected chi connectivity index (χ4v) is 1.61. The van der Waals surface area contributed by atoms with Crippen molar-refractivity contribution in [3.8, 4) is 0 Å². The minimum atomic E-state index is -0.315. The van der Waals surface area contributed by atoms with E-state index in [9.17, 15) is 4.39 Å². The second-order valence-corrected chi connectivity index (χ2v) is 4.44. The van der Waals surface area contributed by atoms with Crippen LogP contribution in [0.4, 0.5) is 4.39 Å². The number of hydrogen-bond acceptors (Lipinski definition) is 1. The van der Waals surface area contributed by atoms with E-state index in [0.717, 1.165) is 5.92 Å². The highest BCUT2D eigenvalue weighted by atomic mass is 19.1. The molecule has 11 heavy (non-hydrogen) atoms. The van der Waals surface area contributed by atoms with Gasteiger partial charge in [0.2, 0.25) is 0 Å². The minimum Gasteiger partial charge on any atom is -0.307 e. The van der Waals surface area contributed by atoms with E-state index in [2.05, 4.69) is 12.2 Å². The maximum atomic E-state index is 12.3. The fraction of sp³-hybridized carbons (Fsp3) is 1.00. The molecule has 1 fully saturated rings. The minimum absolute atomic E-state index is 0.280. The second-order valence-electron chi connectivity index (χ2n) is 4.44. The fourth-order valence-electron chi connectivity index (χ4n) is 1.61. The Balaban J connectivity index is 2.21. The van der Waals surface area contributed by atoms with Crippen molar-refractivity contribution < 1.29 is 4.39 Å². The first-order chi connectivity index (χ1) is 5.03. The quantitative estimate of drug-likeness (QED) is 0.665. The summed E-state index contributed by atoms with van der Waals surface area (Å²) < 4.78 is 12.3. The Morgan fingerprint density at radius 3 is 2.36 bits per heavy atom. The molecule has 1 saturated carbocycles. The molecule has 66 valence electrons. The summed E-state index contributed by atoms with van der Waals surface area (Å²) in [7, 11) is 0. The van der Waals surface area contributed by atoms with Gasteiger partial charge in [0, 0.05) is 11.6 Å². The Kier molecular flexibility index (Phi) is 2.53. The van der Waals surface area contributed by atoms with Gasteiger partial charge in [-0.05, 0) is 32.6 Å². The largest absolute Gasteiger partial charge is 0.307 e. The van der Waals surface area contributed by atoms with Crippen molar-refractivity contribution in [3.05, 3.63) is 0 Å². The van der Waals surface area contributed by atoms with Gasteiger partial charge >= 0.3 is 0 Å². The van der Waals surface area contributed by atoms with Gasteiger partial charge in [-0.2, -0.15) is 0 Å². The van der Waals surface area contributed by atoms with Crippen molar-refractivity contribution in [2.75, 3.05) is 6.67 Å². The molecule has 0 radical (unpaired) electrons. The van der Waals surface area contributed by atoms with Gasteiger partial charge < -0.3 is 5.32 Å². The highest BCUT2D eigenvalue weighted by molar-refractivity contribution is 4.89. The number of alkyl halides is 1. The van der Waals surface area contributed by atoms with Gasteiger partial charge in [0.25, 0.3) is 0 Å². The lowest BCUT2D eigenvalue weighted by molar-refractivity contribution is 0.171. The third-order valence-electron chi connectivity index (χ3n) is 2.30. The molecule has 0 atom stereocenters. The highest BCUT2D eigenvalue weighted by Gasteiger charge is 2.30. The van der Waals surface area contributed by atoms with E-state index in [1.807, 2.05) is 13.8 Å². The Morgan fingerprint density at radius 2 is 2.00 bits per heavy atom. The average Bonchev–Trinajstić information content (AvgIpc) is 1.84. The first-order valence-corrected chi connectivity index (χ1v) is 4.37. The molecule has 1 nitrogen and oxygen atoms in total. The van der Waals surface area contributed by atoms with Crippen molar-refractivity contribution in [2.24, 2.45) is 5.92 Å². The molecule has 0 amide bonds. The van der Waals surface area contributed by atoms with Crippen molar-refractivity contribution in [1.29, 1.82) is 0 Å². The third kappa shape index (κ3) is 2.44. The van der Waals surface area contributed by atoms with E-state index in [-0.39, 0.29) is 12.2 Å². The van der Waals surface area contributed by atoms with E-state index in [0.29, 0.717) is 6.04 Å². The molecule has 2 heteroatoms. The average molecular weight is 159 g/mol. The summed E-state index contributed by atoms with van der Waals surface area (Å²) in [6, 6.07) is 0.566. The zero-order chi connectivity index (χ0) is 8.48. The SMILES string of the molecule is CC1CC(NC(C)(C)CF)C1. The molecule has 0 aromatic heterocycles. The molecule has 1 rings (SSSR count). The van der Waals surface area contributed by atoms with Gasteiger partial charge in [-0.15, -0.1) is 0 Å². The van der Waals surface area contributed by atoms with Crippen LogP contribution in [0, 0.1) is 5.92 Å². The summed E-state index contributed by atoms with van der Waals surface area (Å²) in [5.41, 5.74) is -0.315. The third-order valence-corrected chi connectivity index (χ3v) is 2.30. The standard InChI is InChI=1S/C9H18FN/c1-7-4-8(5-7)11-9(2,3)6-10/h7-8,11H,4-6H2,1-3H3. The Morgan fingerprint density at radius 1 is 1.45 bits per heavy atom. The van der Waals surface area contributed by atoms with Crippen molar-refractivity contribution in [3.63, 3.8) is 0 Å². The monoisotopic (exact) mass is 159 g/mol. The van der Waals surface area contributed by atoms with Gasteiger partial charge in [0.15, 0.2) is 0 Å². The predicted octanol–water partition coefficient (Wildman–Crippen LogP) is 2.12. The maximum Gasteiger partial charge on any atom is 0.107 e. The predicted molar refractivity (Wildman–Crippen MR) is 45.4 cm³/mol. The van der Waals surface area contributed by atoms with Gasteiger partial charge in [-0.3, -0.25) is 0 Å². The summed E-state index contributed by atoms with van der Waals surface area (Å²) in [5.74, 6) is 0.836. The van der Waals surface area contributed by atoms with Crippen molar-refractivity contribution in [1.82, 2.24) is 5.32 Å². The van der Waals surface area contributed by atoms with Gasteiger partial charge in [-0.1, -0.05) is 6.92 Å². The van der Waals surface area contributed by atoms with Crippen LogP contribution < -0.4 is 5.32 Å².